The summed E-state index contributed by atoms with van der Waals surface area (Å²) in [6.07, 6.45) is 5.07. The van der Waals surface area contributed by atoms with Crippen LogP contribution in [0.15, 0.2) is 66.7 Å². The number of imide groups is 1. The third-order valence-corrected chi connectivity index (χ3v) is 5.87. The van der Waals surface area contributed by atoms with Gasteiger partial charge in [-0.3, -0.25) is 14.4 Å². The van der Waals surface area contributed by atoms with Crippen LogP contribution in [0.4, 0.5) is 11.4 Å². The number of fused-ring (bicyclic) bond motifs is 5. The molecule has 2 aromatic rings. The molecule has 3 amide bonds. The van der Waals surface area contributed by atoms with E-state index in [9.17, 15) is 14.4 Å². The highest BCUT2D eigenvalue weighted by Crippen LogP contribution is 2.53. The summed E-state index contributed by atoms with van der Waals surface area (Å²) in [7, 11) is 0. The van der Waals surface area contributed by atoms with E-state index in [-0.39, 0.29) is 41.4 Å². The van der Waals surface area contributed by atoms with Gasteiger partial charge in [-0.2, -0.15) is 0 Å². The molecular formula is C22H18N2O3. The summed E-state index contributed by atoms with van der Waals surface area (Å²) in [5, 5.41) is 2.83. The Morgan fingerprint density at radius 1 is 0.889 bits per heavy atom. The van der Waals surface area contributed by atoms with Crippen LogP contribution in [-0.2, 0) is 9.59 Å². The van der Waals surface area contributed by atoms with Crippen molar-refractivity contribution in [2.24, 2.45) is 23.7 Å². The summed E-state index contributed by atoms with van der Waals surface area (Å²) >= 11 is 0. The van der Waals surface area contributed by atoms with E-state index in [1.165, 1.54) is 4.90 Å². The Bertz CT molecular complexity index is 952. The number of benzene rings is 2. The van der Waals surface area contributed by atoms with Gasteiger partial charge in [0.2, 0.25) is 11.8 Å². The number of allylic oxidation sites excluding steroid dienone is 2. The summed E-state index contributed by atoms with van der Waals surface area (Å²) in [5.41, 5.74) is 1.62. The van der Waals surface area contributed by atoms with Crippen molar-refractivity contribution in [1.29, 1.82) is 0 Å². The number of carbonyl (C=O) groups is 3. The molecule has 2 aromatic carbocycles. The van der Waals surface area contributed by atoms with Crippen molar-refractivity contribution >= 4 is 29.1 Å². The van der Waals surface area contributed by atoms with Crippen LogP contribution in [0.5, 0.6) is 0 Å². The summed E-state index contributed by atoms with van der Waals surface area (Å²) in [6.45, 7) is 0. The second kappa shape index (κ2) is 5.91. The van der Waals surface area contributed by atoms with Crippen LogP contribution in [0.3, 0.4) is 0 Å². The number of nitrogens with one attached hydrogen (secondary N) is 1. The second-order valence-corrected chi connectivity index (χ2v) is 7.38. The van der Waals surface area contributed by atoms with Crippen LogP contribution in [-0.4, -0.2) is 17.7 Å². The fourth-order valence-corrected chi connectivity index (χ4v) is 4.67. The molecule has 1 saturated carbocycles. The monoisotopic (exact) mass is 358 g/mol. The van der Waals surface area contributed by atoms with E-state index in [1.54, 1.807) is 48.5 Å². The normalized spacial score (nSPS) is 27.9. The molecule has 1 aliphatic heterocycles. The molecule has 27 heavy (non-hydrogen) atoms. The Hall–Kier alpha value is -3.21. The number of anilines is 2. The van der Waals surface area contributed by atoms with E-state index >= 15 is 0 Å². The van der Waals surface area contributed by atoms with Gasteiger partial charge in [0.15, 0.2) is 0 Å². The number of carbonyl (C=O) groups excluding carboxylic acids is 3. The summed E-state index contributed by atoms with van der Waals surface area (Å²) in [4.78, 5) is 39.5. The lowest BCUT2D eigenvalue weighted by Crippen LogP contribution is -2.32. The Kier molecular flexibility index (Phi) is 3.50. The first-order valence-electron chi connectivity index (χ1n) is 9.16. The molecule has 0 aromatic heterocycles. The Morgan fingerprint density at radius 2 is 1.56 bits per heavy atom. The van der Waals surface area contributed by atoms with E-state index in [0.29, 0.717) is 16.9 Å². The maximum Gasteiger partial charge on any atom is 0.255 e. The molecule has 5 nitrogen and oxygen atoms in total. The molecule has 1 N–H and O–H groups in total. The standard InChI is InChI=1S/C22H18N2O3/c25-20(13-5-2-1-3-6-13)23-16-7-4-8-17(12-16)24-21(26)18-14-9-10-15(11-14)19(18)22(24)27/h1-10,12,14-15,18-19H,11H2,(H,23,25)/t14-,15+,18-,19-/m0/s1. The zero-order valence-electron chi connectivity index (χ0n) is 14.5. The van der Waals surface area contributed by atoms with Crippen LogP contribution in [0.2, 0.25) is 0 Å². The fourth-order valence-electron chi connectivity index (χ4n) is 4.67. The smallest absolute Gasteiger partial charge is 0.255 e. The molecule has 2 fully saturated rings. The van der Waals surface area contributed by atoms with Gasteiger partial charge in [0.25, 0.3) is 5.91 Å². The minimum atomic E-state index is -0.231. The van der Waals surface area contributed by atoms with Crippen LogP contribution < -0.4 is 10.2 Å². The molecule has 0 unspecified atom stereocenters. The topological polar surface area (TPSA) is 66.5 Å². The highest BCUT2D eigenvalue weighted by molar-refractivity contribution is 6.23. The largest absolute Gasteiger partial charge is 0.322 e. The number of nitrogens with zero attached hydrogens (tertiary/aromatic N) is 1. The summed E-state index contributed by atoms with van der Waals surface area (Å²) in [5.74, 6) is -0.553. The van der Waals surface area contributed by atoms with Gasteiger partial charge in [-0.1, -0.05) is 36.4 Å². The van der Waals surface area contributed by atoms with Crippen molar-refractivity contribution in [3.05, 3.63) is 72.3 Å². The quantitative estimate of drug-likeness (QED) is 0.677. The second-order valence-electron chi connectivity index (χ2n) is 7.38. The van der Waals surface area contributed by atoms with Gasteiger partial charge < -0.3 is 5.32 Å². The van der Waals surface area contributed by atoms with Crippen molar-refractivity contribution < 1.29 is 14.4 Å². The fraction of sp³-hybridized carbons (Fsp3) is 0.227. The van der Waals surface area contributed by atoms with Crippen LogP contribution in [0, 0.1) is 23.7 Å². The van der Waals surface area contributed by atoms with E-state index in [1.807, 2.05) is 6.07 Å². The lowest BCUT2D eigenvalue weighted by Gasteiger charge is -2.18. The van der Waals surface area contributed by atoms with Crippen LogP contribution in [0.25, 0.3) is 0 Å². The molecule has 0 radical (unpaired) electrons. The van der Waals surface area contributed by atoms with Gasteiger partial charge in [0.05, 0.1) is 17.5 Å². The molecule has 5 heteroatoms. The maximum absolute atomic E-state index is 12.9. The Morgan fingerprint density at radius 3 is 2.22 bits per heavy atom. The van der Waals surface area contributed by atoms with Gasteiger partial charge in [0, 0.05) is 11.3 Å². The Balaban J connectivity index is 1.41. The predicted molar refractivity (Wildman–Crippen MR) is 101 cm³/mol. The van der Waals surface area contributed by atoms with E-state index in [4.69, 9.17) is 0 Å². The zero-order chi connectivity index (χ0) is 18.5. The molecule has 5 rings (SSSR count). The van der Waals surface area contributed by atoms with Crippen LogP contribution >= 0.6 is 0 Å². The highest BCUT2D eigenvalue weighted by atomic mass is 16.2. The molecule has 1 saturated heterocycles. The minimum absolute atomic E-state index is 0.117. The highest BCUT2D eigenvalue weighted by Gasteiger charge is 2.59. The first-order valence-corrected chi connectivity index (χ1v) is 9.16. The van der Waals surface area contributed by atoms with Gasteiger partial charge in [-0.25, -0.2) is 4.90 Å². The summed E-state index contributed by atoms with van der Waals surface area (Å²) in [6, 6.07) is 15.8. The molecule has 2 bridgehead atoms. The molecule has 1 heterocycles. The third kappa shape index (κ3) is 2.42. The van der Waals surface area contributed by atoms with Crippen molar-refractivity contribution in [2.45, 2.75) is 6.42 Å². The lowest BCUT2D eigenvalue weighted by molar-refractivity contribution is -0.123. The van der Waals surface area contributed by atoms with Gasteiger partial charge in [0.1, 0.15) is 0 Å². The average Bonchev–Trinajstić information content (AvgIpc) is 3.36. The zero-order valence-corrected chi connectivity index (χ0v) is 14.5. The van der Waals surface area contributed by atoms with Gasteiger partial charge >= 0.3 is 0 Å². The third-order valence-electron chi connectivity index (χ3n) is 5.87. The van der Waals surface area contributed by atoms with Crippen molar-refractivity contribution in [2.75, 3.05) is 10.2 Å². The van der Waals surface area contributed by atoms with E-state index in [2.05, 4.69) is 17.5 Å². The van der Waals surface area contributed by atoms with E-state index in [0.717, 1.165) is 6.42 Å². The van der Waals surface area contributed by atoms with Crippen molar-refractivity contribution in [3.8, 4) is 0 Å². The Labute approximate surface area is 156 Å². The van der Waals surface area contributed by atoms with E-state index < -0.39 is 0 Å². The van der Waals surface area contributed by atoms with Gasteiger partial charge in [-0.05, 0) is 48.6 Å². The van der Waals surface area contributed by atoms with Gasteiger partial charge in [-0.15, -0.1) is 0 Å². The molecule has 0 spiro atoms. The molecule has 2 aliphatic carbocycles. The van der Waals surface area contributed by atoms with Crippen LogP contribution in [0.1, 0.15) is 16.8 Å². The molecular weight excluding hydrogens is 340 g/mol. The first-order chi connectivity index (χ1) is 13.1. The first kappa shape index (κ1) is 16.0. The minimum Gasteiger partial charge on any atom is -0.322 e. The molecule has 134 valence electrons. The number of amides is 3. The predicted octanol–water partition coefficient (Wildman–Crippen LogP) is 3.25. The summed E-state index contributed by atoms with van der Waals surface area (Å²) < 4.78 is 0. The number of rotatable bonds is 3. The van der Waals surface area contributed by atoms with Crippen molar-refractivity contribution in [3.63, 3.8) is 0 Å². The average molecular weight is 358 g/mol. The molecule has 4 atom stereocenters. The number of hydrogen-bond donors (Lipinski definition) is 1. The SMILES string of the molecule is O=C(Nc1cccc(N2C(=O)[C@@H]3[C@@H](C2=O)[C@H]2C=C[C@@H]3C2)c1)c1ccccc1. The van der Waals surface area contributed by atoms with Crippen molar-refractivity contribution in [1.82, 2.24) is 0 Å². The lowest BCUT2D eigenvalue weighted by atomic mass is 9.85. The molecule has 3 aliphatic rings. The number of hydrogen-bond acceptors (Lipinski definition) is 3. The maximum atomic E-state index is 12.9.